The molecule has 0 aliphatic heterocycles. The van der Waals surface area contributed by atoms with Crippen LogP contribution in [0.15, 0.2) is 170 Å². The van der Waals surface area contributed by atoms with Crippen molar-refractivity contribution in [3.8, 4) is 22.3 Å². The fraction of sp³-hybridized carbons (Fsp3) is 0. The Morgan fingerprint density at radius 3 is 1.67 bits per heavy atom. The van der Waals surface area contributed by atoms with E-state index in [1.807, 2.05) is 12.3 Å². The van der Waals surface area contributed by atoms with Gasteiger partial charge in [-0.1, -0.05) is 140 Å². The summed E-state index contributed by atoms with van der Waals surface area (Å²) in [5, 5.41) is 7.16. The van der Waals surface area contributed by atoms with Crippen LogP contribution in [0.2, 0.25) is 0 Å². The van der Waals surface area contributed by atoms with E-state index in [9.17, 15) is 0 Å². The normalized spacial score (nSPS) is 11.3. The van der Waals surface area contributed by atoms with Gasteiger partial charge in [0.2, 0.25) is 0 Å². The van der Waals surface area contributed by atoms with Gasteiger partial charge in [0.05, 0.1) is 11.4 Å². The molecule has 1 aromatic heterocycles. The van der Waals surface area contributed by atoms with Crippen LogP contribution >= 0.6 is 0 Å². The molecule has 2 nitrogen and oxygen atoms in total. The first-order valence-corrected chi connectivity index (χ1v) is 14.6. The van der Waals surface area contributed by atoms with Gasteiger partial charge in [-0.25, -0.2) is 4.98 Å². The Bertz CT molecular complexity index is 2180. The van der Waals surface area contributed by atoms with Crippen LogP contribution in [-0.2, 0) is 0 Å². The summed E-state index contributed by atoms with van der Waals surface area (Å²) in [6.45, 7) is 0. The molecular formula is C41H28N2. The zero-order valence-electron chi connectivity index (χ0n) is 23.6. The van der Waals surface area contributed by atoms with Crippen LogP contribution in [0, 0.1) is 0 Å². The van der Waals surface area contributed by atoms with Crippen LogP contribution in [0.5, 0.6) is 0 Å². The molecule has 0 aliphatic rings. The van der Waals surface area contributed by atoms with Crippen LogP contribution in [0.4, 0.5) is 17.2 Å². The van der Waals surface area contributed by atoms with Crippen molar-refractivity contribution in [3.05, 3.63) is 170 Å². The molecule has 0 radical (unpaired) electrons. The summed E-state index contributed by atoms with van der Waals surface area (Å²) in [5.41, 5.74) is 7.10. The van der Waals surface area contributed by atoms with Gasteiger partial charge in [-0.15, -0.1) is 0 Å². The van der Waals surface area contributed by atoms with Gasteiger partial charge in [-0.05, 0) is 62.7 Å². The molecule has 0 bridgehead atoms. The molecule has 2 heteroatoms. The molecule has 0 aliphatic carbocycles. The zero-order valence-corrected chi connectivity index (χ0v) is 23.6. The summed E-state index contributed by atoms with van der Waals surface area (Å²) in [4.78, 5) is 7.25. The third-order valence-corrected chi connectivity index (χ3v) is 8.27. The highest BCUT2D eigenvalue weighted by molar-refractivity contribution is 6.23. The minimum absolute atomic E-state index is 0.882. The molecule has 43 heavy (non-hydrogen) atoms. The van der Waals surface area contributed by atoms with Crippen LogP contribution < -0.4 is 4.90 Å². The Labute approximate surface area is 251 Å². The predicted octanol–water partition coefficient (Wildman–Crippen LogP) is 11.3. The average Bonchev–Trinajstić information content (AvgIpc) is 3.09. The quantitative estimate of drug-likeness (QED) is 0.199. The first kappa shape index (κ1) is 25.0. The van der Waals surface area contributed by atoms with Crippen LogP contribution in [0.3, 0.4) is 0 Å². The maximum Gasteiger partial charge on any atom is 0.137 e. The van der Waals surface area contributed by atoms with E-state index in [2.05, 4.69) is 163 Å². The van der Waals surface area contributed by atoms with Gasteiger partial charge in [0.25, 0.3) is 0 Å². The lowest BCUT2D eigenvalue weighted by Crippen LogP contribution is -2.13. The Morgan fingerprint density at radius 1 is 0.395 bits per heavy atom. The Kier molecular flexibility index (Phi) is 6.16. The van der Waals surface area contributed by atoms with Crippen molar-refractivity contribution in [2.45, 2.75) is 0 Å². The Morgan fingerprint density at radius 2 is 0.953 bits per heavy atom. The molecule has 0 spiro atoms. The topological polar surface area (TPSA) is 16.1 Å². The number of pyridine rings is 1. The summed E-state index contributed by atoms with van der Waals surface area (Å²) in [6.07, 6.45) is 1.88. The largest absolute Gasteiger partial charge is 0.293 e. The van der Waals surface area contributed by atoms with E-state index in [1.165, 1.54) is 54.6 Å². The molecule has 0 atom stereocenters. The van der Waals surface area contributed by atoms with Gasteiger partial charge >= 0.3 is 0 Å². The van der Waals surface area contributed by atoms with E-state index >= 15 is 0 Å². The number of benzene rings is 7. The van der Waals surface area contributed by atoms with Crippen molar-refractivity contribution in [3.63, 3.8) is 0 Å². The van der Waals surface area contributed by atoms with Crippen LogP contribution in [0.25, 0.3) is 54.6 Å². The predicted molar refractivity (Wildman–Crippen MR) is 182 cm³/mol. The highest BCUT2D eigenvalue weighted by Gasteiger charge is 2.23. The van der Waals surface area contributed by atoms with Crippen molar-refractivity contribution in [1.29, 1.82) is 0 Å². The number of rotatable bonds is 5. The van der Waals surface area contributed by atoms with Crippen molar-refractivity contribution >= 4 is 49.5 Å². The third kappa shape index (κ3) is 4.32. The van der Waals surface area contributed by atoms with E-state index in [4.69, 9.17) is 4.98 Å². The number of fused-ring (bicyclic) bond motifs is 3. The second-order valence-corrected chi connectivity index (χ2v) is 10.8. The number of anilines is 3. The first-order valence-electron chi connectivity index (χ1n) is 14.6. The summed E-state index contributed by atoms with van der Waals surface area (Å²) >= 11 is 0. The highest BCUT2D eigenvalue weighted by atomic mass is 15.2. The zero-order chi connectivity index (χ0) is 28.6. The SMILES string of the molecule is c1ccc(-c2cccc(-c3c4ccccc4c(N(c4ccccn4)c4cccc5ccccc45)c4ccccc34)c2)cc1. The van der Waals surface area contributed by atoms with E-state index in [0.717, 1.165) is 17.2 Å². The van der Waals surface area contributed by atoms with Gasteiger partial charge in [0, 0.05) is 22.4 Å². The Balaban J connectivity index is 1.48. The summed E-state index contributed by atoms with van der Waals surface area (Å²) < 4.78 is 0. The molecule has 0 N–H and O–H groups in total. The molecule has 0 amide bonds. The molecule has 202 valence electrons. The van der Waals surface area contributed by atoms with Gasteiger partial charge in [0.15, 0.2) is 0 Å². The van der Waals surface area contributed by atoms with Gasteiger partial charge in [0.1, 0.15) is 5.82 Å². The number of hydrogen-bond acceptors (Lipinski definition) is 2. The standard InChI is InChI=1S/C41H28N2/c1-2-14-29(15-3-1)31-18-12-19-32(28-31)40-34-21-6-8-23-36(34)41(37-24-9-7-22-35(37)40)43(39-26-10-11-27-42-39)38-25-13-17-30-16-4-5-20-33(30)38/h1-28H. The number of nitrogens with zero attached hydrogens (tertiary/aromatic N) is 2. The molecule has 8 rings (SSSR count). The minimum atomic E-state index is 0.882. The summed E-state index contributed by atoms with van der Waals surface area (Å²) in [7, 11) is 0. The van der Waals surface area contributed by atoms with Crippen LogP contribution in [-0.4, -0.2) is 4.98 Å². The lowest BCUT2D eigenvalue weighted by atomic mass is 9.88. The molecule has 0 unspecified atom stereocenters. The molecule has 0 fully saturated rings. The lowest BCUT2D eigenvalue weighted by molar-refractivity contribution is 1.20. The van der Waals surface area contributed by atoms with Crippen molar-refractivity contribution in [2.75, 3.05) is 4.90 Å². The maximum absolute atomic E-state index is 4.90. The lowest BCUT2D eigenvalue weighted by Gasteiger charge is -2.29. The second-order valence-electron chi connectivity index (χ2n) is 10.8. The Hall–Kier alpha value is -5.73. The number of aromatic nitrogens is 1. The highest BCUT2D eigenvalue weighted by Crippen LogP contribution is 2.48. The van der Waals surface area contributed by atoms with Gasteiger partial charge < -0.3 is 0 Å². The van der Waals surface area contributed by atoms with Gasteiger partial charge in [-0.2, -0.15) is 0 Å². The van der Waals surface area contributed by atoms with Crippen LogP contribution in [0.1, 0.15) is 0 Å². The molecule has 1 heterocycles. The molecule has 0 saturated carbocycles. The molecule has 8 aromatic rings. The summed E-state index contributed by atoms with van der Waals surface area (Å²) in [5.74, 6) is 0.882. The van der Waals surface area contributed by atoms with Crippen molar-refractivity contribution in [2.24, 2.45) is 0 Å². The van der Waals surface area contributed by atoms with E-state index in [-0.39, 0.29) is 0 Å². The van der Waals surface area contributed by atoms with E-state index in [0.29, 0.717) is 0 Å². The fourth-order valence-corrected chi connectivity index (χ4v) is 6.39. The van der Waals surface area contributed by atoms with Crippen molar-refractivity contribution < 1.29 is 0 Å². The average molecular weight is 549 g/mol. The minimum Gasteiger partial charge on any atom is -0.293 e. The molecular weight excluding hydrogens is 520 g/mol. The number of hydrogen-bond donors (Lipinski definition) is 0. The smallest absolute Gasteiger partial charge is 0.137 e. The third-order valence-electron chi connectivity index (χ3n) is 8.27. The fourth-order valence-electron chi connectivity index (χ4n) is 6.39. The van der Waals surface area contributed by atoms with E-state index < -0.39 is 0 Å². The van der Waals surface area contributed by atoms with Crippen molar-refractivity contribution in [1.82, 2.24) is 4.98 Å². The summed E-state index contributed by atoms with van der Waals surface area (Å²) in [6, 6.07) is 58.4. The maximum atomic E-state index is 4.90. The molecule has 0 saturated heterocycles. The van der Waals surface area contributed by atoms with E-state index in [1.54, 1.807) is 0 Å². The molecule has 7 aromatic carbocycles. The van der Waals surface area contributed by atoms with Gasteiger partial charge in [-0.3, -0.25) is 4.90 Å². The monoisotopic (exact) mass is 548 g/mol. The first-order chi connectivity index (χ1) is 21.4. The second kappa shape index (κ2) is 10.6.